The number of nitrogens with zero attached hydrogens (tertiary/aromatic N) is 1. The van der Waals surface area contributed by atoms with Crippen LogP contribution in [0.4, 0.5) is 28.0 Å². The fourth-order valence-corrected chi connectivity index (χ4v) is 3.68. The monoisotopic (exact) mass is 468 g/mol. The van der Waals surface area contributed by atoms with E-state index in [0.29, 0.717) is 25.9 Å². The maximum atomic E-state index is 13.9. The van der Waals surface area contributed by atoms with Gasteiger partial charge in [-0.2, -0.15) is 13.2 Å². The molecule has 1 heterocycles. The van der Waals surface area contributed by atoms with Gasteiger partial charge in [-0.3, -0.25) is 0 Å². The molecule has 1 N–H and O–H groups in total. The number of likely N-dealkylation sites (tertiary alicyclic amines) is 1. The van der Waals surface area contributed by atoms with Crippen LogP contribution in [0.5, 0.6) is 0 Å². The zero-order valence-electron chi connectivity index (χ0n) is 16.3. The first-order valence-electron chi connectivity index (χ1n) is 9.08. The number of alkyl halides is 3. The Kier molecular flexibility index (Phi) is 6.89. The Hall–Kier alpha value is -1.51. The predicted molar refractivity (Wildman–Crippen MR) is 103 cm³/mol. The van der Waals surface area contributed by atoms with Crippen LogP contribution < -0.4 is 5.32 Å². The van der Waals surface area contributed by atoms with E-state index in [4.69, 9.17) is 4.74 Å². The molecule has 4 nitrogen and oxygen atoms in total. The van der Waals surface area contributed by atoms with Gasteiger partial charge in [-0.15, -0.1) is 0 Å². The van der Waals surface area contributed by atoms with Gasteiger partial charge in [0.05, 0.1) is 5.69 Å². The van der Waals surface area contributed by atoms with E-state index in [9.17, 15) is 22.4 Å². The first-order valence-corrected chi connectivity index (χ1v) is 9.88. The van der Waals surface area contributed by atoms with Gasteiger partial charge < -0.3 is 15.0 Å². The van der Waals surface area contributed by atoms with E-state index in [1.165, 1.54) is 6.07 Å². The van der Waals surface area contributed by atoms with E-state index in [0.717, 1.165) is 6.07 Å². The van der Waals surface area contributed by atoms with Crippen molar-refractivity contribution in [2.24, 2.45) is 5.92 Å². The minimum Gasteiger partial charge on any atom is -0.444 e. The molecule has 1 aromatic carbocycles. The van der Waals surface area contributed by atoms with Crippen LogP contribution in [0.3, 0.4) is 0 Å². The van der Waals surface area contributed by atoms with Crippen LogP contribution in [-0.4, -0.2) is 35.7 Å². The molecule has 0 radical (unpaired) electrons. The van der Waals surface area contributed by atoms with E-state index in [1.54, 1.807) is 32.6 Å². The van der Waals surface area contributed by atoms with Gasteiger partial charge in [0, 0.05) is 23.6 Å². The summed E-state index contributed by atoms with van der Waals surface area (Å²) in [6, 6.07) is 1.71. The van der Waals surface area contributed by atoms with Crippen molar-refractivity contribution in [3.8, 4) is 0 Å². The molecule has 1 saturated heterocycles. The Balaban J connectivity index is 2.04. The zero-order valence-corrected chi connectivity index (χ0v) is 17.9. The molecule has 0 aromatic heterocycles. The molecule has 1 aliphatic heterocycles. The average molecular weight is 469 g/mol. The van der Waals surface area contributed by atoms with Crippen molar-refractivity contribution in [2.45, 2.75) is 58.4 Å². The largest absolute Gasteiger partial charge is 0.444 e. The third kappa shape index (κ3) is 5.99. The lowest BCUT2D eigenvalue weighted by Gasteiger charge is -2.36. The first-order chi connectivity index (χ1) is 12.8. The van der Waals surface area contributed by atoms with Crippen LogP contribution in [0.25, 0.3) is 0 Å². The van der Waals surface area contributed by atoms with Gasteiger partial charge >= 0.3 is 12.3 Å². The standard InChI is InChI=1S/C19H25BrF4N2O2/c1-11(12-5-7-26(8-6-12)17(27)28-18(2,3)4)25-15-10-13(20)9-14(21)16(15)19(22,23)24/h9-12,25H,5-8H2,1-4H3. The van der Waals surface area contributed by atoms with E-state index >= 15 is 0 Å². The fourth-order valence-electron chi connectivity index (χ4n) is 3.25. The normalized spacial score (nSPS) is 17.4. The highest BCUT2D eigenvalue weighted by atomic mass is 79.9. The Labute approximate surface area is 170 Å². The van der Waals surface area contributed by atoms with Gasteiger partial charge in [-0.05, 0) is 58.6 Å². The van der Waals surface area contributed by atoms with Gasteiger partial charge in [-0.25, -0.2) is 9.18 Å². The molecule has 158 valence electrons. The van der Waals surface area contributed by atoms with E-state index in [2.05, 4.69) is 21.2 Å². The summed E-state index contributed by atoms with van der Waals surface area (Å²) >= 11 is 3.04. The fraction of sp³-hybridized carbons (Fsp3) is 0.632. The van der Waals surface area contributed by atoms with E-state index in [1.807, 2.05) is 0 Å². The summed E-state index contributed by atoms with van der Waals surface area (Å²) < 4.78 is 59.3. The number of amides is 1. The highest BCUT2D eigenvalue weighted by Gasteiger charge is 2.38. The topological polar surface area (TPSA) is 41.6 Å². The van der Waals surface area contributed by atoms with Crippen LogP contribution in [0.2, 0.25) is 0 Å². The molecule has 28 heavy (non-hydrogen) atoms. The lowest BCUT2D eigenvalue weighted by molar-refractivity contribution is -0.139. The summed E-state index contributed by atoms with van der Waals surface area (Å²) in [6.45, 7) is 8.07. The third-order valence-corrected chi connectivity index (χ3v) is 5.08. The summed E-state index contributed by atoms with van der Waals surface area (Å²) in [6.07, 6.45) is -3.95. The molecule has 0 saturated carbocycles. The molecule has 9 heteroatoms. The molecular formula is C19H25BrF4N2O2. The Morgan fingerprint density at radius 2 is 1.82 bits per heavy atom. The number of hydrogen-bond acceptors (Lipinski definition) is 3. The van der Waals surface area contributed by atoms with Crippen LogP contribution in [0.1, 0.15) is 46.1 Å². The van der Waals surface area contributed by atoms with E-state index in [-0.39, 0.29) is 28.2 Å². The van der Waals surface area contributed by atoms with E-state index < -0.39 is 23.2 Å². The maximum absolute atomic E-state index is 13.9. The summed E-state index contributed by atoms with van der Waals surface area (Å²) in [5.41, 5.74) is -2.17. The number of halogens is 5. The summed E-state index contributed by atoms with van der Waals surface area (Å²) in [4.78, 5) is 13.7. The summed E-state index contributed by atoms with van der Waals surface area (Å²) in [7, 11) is 0. The number of nitrogens with one attached hydrogen (secondary N) is 1. The molecule has 1 aromatic rings. The van der Waals surface area contributed by atoms with Crippen molar-refractivity contribution in [2.75, 3.05) is 18.4 Å². The van der Waals surface area contributed by atoms with Crippen LogP contribution in [0.15, 0.2) is 16.6 Å². The number of benzene rings is 1. The molecule has 1 atom stereocenters. The van der Waals surface area contributed by atoms with Crippen LogP contribution in [-0.2, 0) is 10.9 Å². The number of anilines is 1. The van der Waals surface area contributed by atoms with Gasteiger partial charge in [0.1, 0.15) is 17.0 Å². The second-order valence-electron chi connectivity index (χ2n) is 8.05. The number of piperidine rings is 1. The Bertz CT molecular complexity index is 711. The lowest BCUT2D eigenvalue weighted by atomic mass is 9.90. The molecule has 0 aliphatic carbocycles. The molecule has 0 bridgehead atoms. The second kappa shape index (κ2) is 8.47. The number of hydrogen-bond donors (Lipinski definition) is 1. The molecular weight excluding hydrogens is 444 g/mol. The third-order valence-electron chi connectivity index (χ3n) is 4.62. The molecule has 1 fully saturated rings. The second-order valence-corrected chi connectivity index (χ2v) is 8.96. The Morgan fingerprint density at radius 1 is 1.25 bits per heavy atom. The van der Waals surface area contributed by atoms with Gasteiger partial charge in [0.25, 0.3) is 0 Å². The summed E-state index contributed by atoms with van der Waals surface area (Å²) in [5, 5.41) is 2.83. The maximum Gasteiger partial charge on any atom is 0.421 e. The van der Waals surface area contributed by atoms with Crippen LogP contribution >= 0.6 is 15.9 Å². The van der Waals surface area contributed by atoms with Crippen molar-refractivity contribution >= 4 is 27.7 Å². The first kappa shape index (κ1) is 22.8. The SMILES string of the molecule is CC(Nc1cc(Br)cc(F)c1C(F)(F)F)C1CCN(C(=O)OC(C)(C)C)CC1. The van der Waals surface area contributed by atoms with Crippen molar-refractivity contribution in [1.29, 1.82) is 0 Å². The zero-order chi connectivity index (χ0) is 21.3. The van der Waals surface area contributed by atoms with Gasteiger partial charge in [0.2, 0.25) is 0 Å². The Morgan fingerprint density at radius 3 is 2.32 bits per heavy atom. The minimum absolute atomic E-state index is 0.0433. The van der Waals surface area contributed by atoms with Gasteiger partial charge in [-0.1, -0.05) is 15.9 Å². The van der Waals surface area contributed by atoms with Crippen molar-refractivity contribution < 1.29 is 27.1 Å². The predicted octanol–water partition coefficient (Wildman–Crippen LogP) is 6.05. The van der Waals surface area contributed by atoms with Crippen molar-refractivity contribution in [3.63, 3.8) is 0 Å². The summed E-state index contributed by atoms with van der Waals surface area (Å²) in [5.74, 6) is -1.28. The lowest BCUT2D eigenvalue weighted by Crippen LogP contribution is -2.44. The highest BCUT2D eigenvalue weighted by Crippen LogP contribution is 2.39. The number of carbonyl (C=O) groups is 1. The smallest absolute Gasteiger partial charge is 0.421 e. The molecule has 1 aliphatic rings. The van der Waals surface area contributed by atoms with Crippen LogP contribution in [0, 0.1) is 11.7 Å². The van der Waals surface area contributed by atoms with Gasteiger partial charge in [0.15, 0.2) is 0 Å². The molecule has 1 unspecified atom stereocenters. The molecule has 2 rings (SSSR count). The number of carbonyl (C=O) groups excluding carboxylic acids is 1. The minimum atomic E-state index is -4.80. The average Bonchev–Trinajstić information content (AvgIpc) is 2.51. The molecule has 0 spiro atoms. The van der Waals surface area contributed by atoms with Crippen molar-refractivity contribution in [1.82, 2.24) is 4.90 Å². The molecule has 1 amide bonds. The van der Waals surface area contributed by atoms with Crippen molar-refractivity contribution in [3.05, 3.63) is 28.0 Å². The number of ether oxygens (including phenoxy) is 1. The quantitative estimate of drug-likeness (QED) is 0.548. The highest BCUT2D eigenvalue weighted by molar-refractivity contribution is 9.10. The number of rotatable bonds is 3.